The van der Waals surface area contributed by atoms with E-state index < -0.39 is 17.3 Å². The summed E-state index contributed by atoms with van der Waals surface area (Å²) in [4.78, 5) is 17.9. The van der Waals surface area contributed by atoms with Crippen LogP contribution in [0.2, 0.25) is 0 Å². The van der Waals surface area contributed by atoms with Crippen LogP contribution in [0.5, 0.6) is 11.5 Å². The predicted molar refractivity (Wildman–Crippen MR) is 137 cm³/mol. The van der Waals surface area contributed by atoms with Gasteiger partial charge in [0.1, 0.15) is 6.07 Å². The van der Waals surface area contributed by atoms with E-state index in [1.54, 1.807) is 42.5 Å². The van der Waals surface area contributed by atoms with Crippen LogP contribution in [0.15, 0.2) is 83.2 Å². The van der Waals surface area contributed by atoms with Crippen molar-refractivity contribution in [1.29, 1.82) is 5.26 Å². The Bertz CT molecular complexity index is 1640. The molecular formula is C28H21F3N4O3. The van der Waals surface area contributed by atoms with Gasteiger partial charge < -0.3 is 9.47 Å². The highest BCUT2D eigenvalue weighted by Gasteiger charge is 2.31. The molecule has 0 spiro atoms. The lowest BCUT2D eigenvalue weighted by Gasteiger charge is -2.14. The minimum Gasteiger partial charge on any atom is -0.493 e. The van der Waals surface area contributed by atoms with E-state index in [9.17, 15) is 18.0 Å². The second-order valence-electron chi connectivity index (χ2n) is 8.04. The Morgan fingerprint density at radius 1 is 1.16 bits per heavy atom. The zero-order valence-electron chi connectivity index (χ0n) is 20.2. The van der Waals surface area contributed by atoms with Gasteiger partial charge in [-0.05, 0) is 48.4 Å². The van der Waals surface area contributed by atoms with Gasteiger partial charge in [-0.3, -0.25) is 4.79 Å². The number of methoxy groups -OCH3 is 1. The number of alkyl halides is 3. The lowest BCUT2D eigenvalue weighted by atomic mass is 10.1. The zero-order chi connectivity index (χ0) is 27.3. The molecule has 0 aliphatic carbocycles. The van der Waals surface area contributed by atoms with Crippen LogP contribution in [0.4, 0.5) is 13.2 Å². The standard InChI is InChI=1S/C28H21F3N4O3/c1-3-7-19-14-18(15-24(37-2)25(19)38-13-12-32)17-33-35-26(20-8-6-9-21(16-20)28(29,30)31)34-23-11-5-4-10-22(23)27(35)36/h3-6,8-11,14-17H,1,7,13H2,2H3. The zero-order valence-corrected chi connectivity index (χ0v) is 20.2. The van der Waals surface area contributed by atoms with E-state index in [2.05, 4.69) is 16.7 Å². The van der Waals surface area contributed by atoms with Crippen LogP contribution in [0.1, 0.15) is 16.7 Å². The molecule has 1 aromatic heterocycles. The lowest BCUT2D eigenvalue weighted by molar-refractivity contribution is -0.137. The maximum absolute atomic E-state index is 13.4. The number of benzene rings is 3. The highest BCUT2D eigenvalue weighted by molar-refractivity contribution is 5.83. The normalized spacial score (nSPS) is 11.4. The highest BCUT2D eigenvalue weighted by atomic mass is 19.4. The molecule has 0 saturated heterocycles. The van der Waals surface area contributed by atoms with Crippen LogP contribution in [0.3, 0.4) is 0 Å². The Hall–Kier alpha value is -4.91. The van der Waals surface area contributed by atoms with Crippen molar-refractivity contribution in [1.82, 2.24) is 9.66 Å². The number of allylic oxidation sites excluding steroid dienone is 1. The van der Waals surface area contributed by atoms with Crippen molar-refractivity contribution >= 4 is 17.1 Å². The summed E-state index contributed by atoms with van der Waals surface area (Å²) in [6.07, 6.45) is -1.16. The molecular weight excluding hydrogens is 497 g/mol. The molecule has 3 aromatic carbocycles. The average Bonchev–Trinajstić information content (AvgIpc) is 2.91. The third kappa shape index (κ3) is 5.42. The van der Waals surface area contributed by atoms with Crippen LogP contribution >= 0.6 is 0 Å². The summed E-state index contributed by atoms with van der Waals surface area (Å²) in [5.41, 5.74) is 0.151. The number of ether oxygens (including phenoxy) is 2. The molecule has 0 aliphatic rings. The van der Waals surface area contributed by atoms with Gasteiger partial charge in [0.15, 0.2) is 23.9 Å². The summed E-state index contributed by atoms with van der Waals surface area (Å²) < 4.78 is 52.1. The number of nitrogens with zero attached hydrogens (tertiary/aromatic N) is 4. The van der Waals surface area contributed by atoms with Crippen molar-refractivity contribution in [3.05, 3.63) is 100 Å². The van der Waals surface area contributed by atoms with Gasteiger partial charge in [0.2, 0.25) is 0 Å². The molecule has 7 nitrogen and oxygen atoms in total. The third-order valence-corrected chi connectivity index (χ3v) is 5.54. The Morgan fingerprint density at radius 2 is 1.95 bits per heavy atom. The molecule has 0 saturated carbocycles. The molecule has 0 atom stereocenters. The lowest BCUT2D eigenvalue weighted by Crippen LogP contribution is -2.20. The van der Waals surface area contributed by atoms with Crippen molar-refractivity contribution in [2.24, 2.45) is 5.10 Å². The second kappa shape index (κ2) is 11.0. The van der Waals surface area contributed by atoms with Crippen molar-refractivity contribution in [2.45, 2.75) is 12.6 Å². The number of para-hydroxylation sites is 1. The topological polar surface area (TPSA) is 89.5 Å². The van der Waals surface area contributed by atoms with Gasteiger partial charge >= 0.3 is 6.18 Å². The minimum absolute atomic E-state index is 0.0525. The molecule has 0 radical (unpaired) electrons. The van der Waals surface area contributed by atoms with Gasteiger partial charge in [-0.2, -0.15) is 28.2 Å². The van der Waals surface area contributed by atoms with Crippen molar-refractivity contribution < 1.29 is 22.6 Å². The third-order valence-electron chi connectivity index (χ3n) is 5.54. The molecule has 0 bridgehead atoms. The Kier molecular flexibility index (Phi) is 7.58. The fourth-order valence-corrected chi connectivity index (χ4v) is 3.86. The van der Waals surface area contributed by atoms with Crippen LogP contribution in [0.25, 0.3) is 22.3 Å². The van der Waals surface area contributed by atoms with Gasteiger partial charge in [-0.1, -0.05) is 30.3 Å². The molecule has 0 unspecified atom stereocenters. The van der Waals surface area contributed by atoms with Gasteiger partial charge in [-0.15, -0.1) is 6.58 Å². The monoisotopic (exact) mass is 518 g/mol. The Labute approximate surface area is 215 Å². The molecule has 0 N–H and O–H groups in total. The first-order valence-corrected chi connectivity index (χ1v) is 11.3. The number of nitriles is 1. The number of rotatable bonds is 8. The summed E-state index contributed by atoms with van der Waals surface area (Å²) in [5.74, 6) is 0.659. The smallest absolute Gasteiger partial charge is 0.416 e. The number of hydrogen-bond donors (Lipinski definition) is 0. The van der Waals surface area contributed by atoms with E-state index in [4.69, 9.17) is 14.7 Å². The van der Waals surface area contributed by atoms with Crippen LogP contribution in [0, 0.1) is 11.3 Å². The van der Waals surface area contributed by atoms with Gasteiger partial charge in [-0.25, -0.2) is 4.98 Å². The maximum Gasteiger partial charge on any atom is 0.416 e. The highest BCUT2D eigenvalue weighted by Crippen LogP contribution is 2.34. The first-order valence-electron chi connectivity index (χ1n) is 11.3. The van der Waals surface area contributed by atoms with Crippen LogP contribution in [-0.2, 0) is 12.6 Å². The molecule has 4 aromatic rings. The molecule has 192 valence electrons. The van der Waals surface area contributed by atoms with E-state index in [-0.39, 0.29) is 23.4 Å². The summed E-state index contributed by atoms with van der Waals surface area (Å²) in [6, 6.07) is 16.3. The first kappa shape index (κ1) is 26.2. The van der Waals surface area contributed by atoms with E-state index in [0.717, 1.165) is 16.8 Å². The van der Waals surface area contributed by atoms with E-state index in [1.165, 1.54) is 25.5 Å². The van der Waals surface area contributed by atoms with Crippen molar-refractivity contribution in [3.8, 4) is 29.0 Å². The quantitative estimate of drug-likeness (QED) is 0.224. The molecule has 0 amide bonds. The van der Waals surface area contributed by atoms with E-state index in [0.29, 0.717) is 34.6 Å². The van der Waals surface area contributed by atoms with Gasteiger partial charge in [0, 0.05) is 11.1 Å². The maximum atomic E-state index is 13.4. The molecule has 38 heavy (non-hydrogen) atoms. The molecule has 0 aliphatic heterocycles. The van der Waals surface area contributed by atoms with E-state index >= 15 is 0 Å². The van der Waals surface area contributed by atoms with E-state index in [1.807, 2.05) is 6.07 Å². The Balaban J connectivity index is 1.89. The molecule has 0 fully saturated rings. The van der Waals surface area contributed by atoms with Crippen molar-refractivity contribution in [2.75, 3.05) is 13.7 Å². The van der Waals surface area contributed by atoms with Gasteiger partial charge in [0.05, 0.1) is 29.8 Å². The molecule has 1 heterocycles. The average molecular weight is 518 g/mol. The number of aromatic nitrogens is 2. The summed E-state index contributed by atoms with van der Waals surface area (Å²) in [5, 5.41) is 13.5. The number of hydrogen-bond acceptors (Lipinski definition) is 6. The van der Waals surface area contributed by atoms with Crippen LogP contribution in [-0.4, -0.2) is 29.6 Å². The SMILES string of the molecule is C=CCc1cc(C=Nn2c(-c3cccc(C(F)(F)F)c3)nc3ccccc3c2=O)cc(OC)c1OCC#N. The first-order chi connectivity index (χ1) is 18.3. The second-order valence-corrected chi connectivity index (χ2v) is 8.04. The Morgan fingerprint density at radius 3 is 2.66 bits per heavy atom. The number of halogens is 3. The number of fused-ring (bicyclic) bond motifs is 1. The fourth-order valence-electron chi connectivity index (χ4n) is 3.86. The fraction of sp³-hybridized carbons (Fsp3) is 0.143. The predicted octanol–water partition coefficient (Wildman–Crippen LogP) is 5.60. The summed E-state index contributed by atoms with van der Waals surface area (Å²) >= 11 is 0. The van der Waals surface area contributed by atoms with Gasteiger partial charge in [0.25, 0.3) is 5.56 Å². The summed E-state index contributed by atoms with van der Waals surface area (Å²) in [6.45, 7) is 3.55. The molecule has 10 heteroatoms. The summed E-state index contributed by atoms with van der Waals surface area (Å²) in [7, 11) is 1.44. The van der Waals surface area contributed by atoms with Crippen LogP contribution < -0.4 is 15.0 Å². The largest absolute Gasteiger partial charge is 0.493 e. The minimum atomic E-state index is -4.57. The van der Waals surface area contributed by atoms with Crippen molar-refractivity contribution in [3.63, 3.8) is 0 Å². The molecule has 4 rings (SSSR count).